The van der Waals surface area contributed by atoms with Crippen molar-refractivity contribution < 1.29 is 17.9 Å². The molecule has 2 aliphatic heterocycles. The van der Waals surface area contributed by atoms with Gasteiger partial charge in [0.1, 0.15) is 5.75 Å². The lowest BCUT2D eigenvalue weighted by Crippen LogP contribution is -2.50. The van der Waals surface area contributed by atoms with Crippen molar-refractivity contribution >= 4 is 10.0 Å². The van der Waals surface area contributed by atoms with Gasteiger partial charge in [-0.2, -0.15) is 4.31 Å². The maximum absolute atomic E-state index is 12.8. The summed E-state index contributed by atoms with van der Waals surface area (Å²) in [5, 5.41) is 0. The first-order valence-corrected chi connectivity index (χ1v) is 8.31. The summed E-state index contributed by atoms with van der Waals surface area (Å²) >= 11 is 0. The lowest BCUT2D eigenvalue weighted by Gasteiger charge is -2.35. The topological polar surface area (TPSA) is 55.8 Å². The molecule has 6 heteroatoms. The summed E-state index contributed by atoms with van der Waals surface area (Å²) in [6.07, 6.45) is 0.701. The highest BCUT2D eigenvalue weighted by Gasteiger charge is 2.34. The molecule has 5 nitrogen and oxygen atoms in total. The number of nitrogens with zero attached hydrogens (tertiary/aromatic N) is 1. The summed E-state index contributed by atoms with van der Waals surface area (Å²) in [7, 11) is -3.47. The summed E-state index contributed by atoms with van der Waals surface area (Å²) < 4.78 is 38.0. The van der Waals surface area contributed by atoms with E-state index >= 15 is 0 Å². The van der Waals surface area contributed by atoms with Crippen molar-refractivity contribution in [3.63, 3.8) is 0 Å². The van der Waals surface area contributed by atoms with E-state index < -0.39 is 10.0 Å². The SMILES string of the molecule is C[C@H]1CN(S(=O)(=O)c2ccc3c(c2)CCO3)[C@@H](C)CO1. The minimum atomic E-state index is -3.47. The molecule has 0 unspecified atom stereocenters. The Labute approximate surface area is 119 Å². The van der Waals surface area contributed by atoms with Gasteiger partial charge in [0.2, 0.25) is 10.0 Å². The Hall–Kier alpha value is -1.11. The third-order valence-electron chi connectivity index (χ3n) is 3.82. The van der Waals surface area contributed by atoms with E-state index in [0.29, 0.717) is 24.7 Å². The molecular formula is C14H19NO4S. The fourth-order valence-corrected chi connectivity index (χ4v) is 4.41. The van der Waals surface area contributed by atoms with Gasteiger partial charge in [-0.05, 0) is 37.6 Å². The van der Waals surface area contributed by atoms with Gasteiger partial charge in [0.25, 0.3) is 0 Å². The Morgan fingerprint density at radius 1 is 1.30 bits per heavy atom. The Morgan fingerprint density at radius 2 is 2.10 bits per heavy atom. The summed E-state index contributed by atoms with van der Waals surface area (Å²) in [6.45, 7) is 5.24. The van der Waals surface area contributed by atoms with Crippen molar-refractivity contribution in [2.45, 2.75) is 37.3 Å². The van der Waals surface area contributed by atoms with Crippen LogP contribution in [0.15, 0.2) is 23.1 Å². The molecule has 0 saturated carbocycles. The molecule has 2 heterocycles. The molecule has 110 valence electrons. The van der Waals surface area contributed by atoms with Crippen molar-refractivity contribution in [2.24, 2.45) is 0 Å². The molecule has 2 atom stereocenters. The smallest absolute Gasteiger partial charge is 0.243 e. The second-order valence-corrected chi connectivity index (χ2v) is 7.33. The van der Waals surface area contributed by atoms with Crippen LogP contribution in [0.5, 0.6) is 5.75 Å². The Bertz CT molecular complexity index is 614. The highest BCUT2D eigenvalue weighted by molar-refractivity contribution is 7.89. The molecule has 1 aromatic rings. The zero-order valence-electron chi connectivity index (χ0n) is 11.7. The van der Waals surface area contributed by atoms with Gasteiger partial charge in [-0.3, -0.25) is 0 Å². The van der Waals surface area contributed by atoms with Gasteiger partial charge in [-0.1, -0.05) is 0 Å². The predicted molar refractivity (Wildman–Crippen MR) is 74.4 cm³/mol. The zero-order valence-corrected chi connectivity index (χ0v) is 12.5. The van der Waals surface area contributed by atoms with Crippen LogP contribution in [0, 0.1) is 0 Å². The van der Waals surface area contributed by atoms with E-state index in [1.165, 1.54) is 0 Å². The van der Waals surface area contributed by atoms with Crippen LogP contribution in [0.3, 0.4) is 0 Å². The molecule has 1 saturated heterocycles. The molecule has 3 rings (SSSR count). The van der Waals surface area contributed by atoms with E-state index in [-0.39, 0.29) is 12.1 Å². The van der Waals surface area contributed by atoms with Gasteiger partial charge in [-0.15, -0.1) is 0 Å². The van der Waals surface area contributed by atoms with Crippen LogP contribution in [0.4, 0.5) is 0 Å². The Balaban J connectivity index is 1.95. The van der Waals surface area contributed by atoms with Gasteiger partial charge in [0, 0.05) is 19.0 Å². The Kier molecular flexibility index (Phi) is 3.48. The normalized spacial score (nSPS) is 27.1. The number of sulfonamides is 1. The van der Waals surface area contributed by atoms with Crippen molar-refractivity contribution in [1.82, 2.24) is 4.31 Å². The molecule has 0 aromatic heterocycles. The van der Waals surface area contributed by atoms with Crippen molar-refractivity contribution in [3.05, 3.63) is 23.8 Å². The number of ether oxygens (including phenoxy) is 2. The van der Waals surface area contributed by atoms with Gasteiger partial charge >= 0.3 is 0 Å². The summed E-state index contributed by atoms with van der Waals surface area (Å²) in [6, 6.07) is 4.99. The van der Waals surface area contributed by atoms with Gasteiger partial charge in [0.05, 0.1) is 24.2 Å². The fraction of sp³-hybridized carbons (Fsp3) is 0.571. The molecule has 0 N–H and O–H groups in total. The summed E-state index contributed by atoms with van der Waals surface area (Å²) in [5.74, 6) is 0.798. The first kappa shape index (κ1) is 13.9. The average Bonchev–Trinajstić information content (AvgIpc) is 2.88. The molecule has 0 amide bonds. The van der Waals surface area contributed by atoms with Gasteiger partial charge in [-0.25, -0.2) is 8.42 Å². The number of hydrogen-bond donors (Lipinski definition) is 0. The van der Waals surface area contributed by atoms with E-state index in [1.54, 1.807) is 22.5 Å². The number of benzene rings is 1. The van der Waals surface area contributed by atoms with Crippen LogP contribution in [-0.2, 0) is 21.2 Å². The number of rotatable bonds is 2. The standard InChI is InChI=1S/C14H19NO4S/c1-10-9-19-11(2)8-15(10)20(16,17)13-3-4-14-12(7-13)5-6-18-14/h3-4,7,10-11H,5-6,8-9H2,1-2H3/t10-,11-/m0/s1. The van der Waals surface area contributed by atoms with Gasteiger partial charge in [0.15, 0.2) is 0 Å². The molecule has 0 aliphatic carbocycles. The van der Waals surface area contributed by atoms with Crippen molar-refractivity contribution in [3.8, 4) is 5.75 Å². The van der Waals surface area contributed by atoms with Gasteiger partial charge < -0.3 is 9.47 Å². The maximum atomic E-state index is 12.8. The molecular weight excluding hydrogens is 278 g/mol. The summed E-state index contributed by atoms with van der Waals surface area (Å²) in [4.78, 5) is 0.350. The first-order chi connectivity index (χ1) is 9.48. The number of fused-ring (bicyclic) bond motifs is 1. The molecule has 1 aromatic carbocycles. The van der Waals surface area contributed by atoms with Crippen LogP contribution in [-0.4, -0.2) is 44.6 Å². The highest BCUT2D eigenvalue weighted by atomic mass is 32.2. The predicted octanol–water partition coefficient (Wildman–Crippen LogP) is 1.42. The van der Waals surface area contributed by atoms with Crippen molar-refractivity contribution in [2.75, 3.05) is 19.8 Å². The molecule has 2 aliphatic rings. The van der Waals surface area contributed by atoms with Crippen LogP contribution in [0.1, 0.15) is 19.4 Å². The third kappa shape index (κ3) is 2.32. The monoisotopic (exact) mass is 297 g/mol. The number of morpholine rings is 1. The second kappa shape index (κ2) is 5.02. The van der Waals surface area contributed by atoms with E-state index in [2.05, 4.69) is 0 Å². The minimum absolute atomic E-state index is 0.0706. The molecule has 0 spiro atoms. The zero-order chi connectivity index (χ0) is 14.3. The van der Waals surface area contributed by atoms with E-state index in [4.69, 9.17) is 9.47 Å². The minimum Gasteiger partial charge on any atom is -0.493 e. The highest BCUT2D eigenvalue weighted by Crippen LogP contribution is 2.30. The van der Waals surface area contributed by atoms with Crippen LogP contribution in [0.25, 0.3) is 0 Å². The lowest BCUT2D eigenvalue weighted by molar-refractivity contribution is -0.0170. The lowest BCUT2D eigenvalue weighted by atomic mass is 10.2. The first-order valence-electron chi connectivity index (χ1n) is 6.87. The number of hydrogen-bond acceptors (Lipinski definition) is 4. The van der Waals surface area contributed by atoms with Crippen LogP contribution >= 0.6 is 0 Å². The maximum Gasteiger partial charge on any atom is 0.243 e. The molecule has 0 radical (unpaired) electrons. The van der Waals surface area contributed by atoms with Crippen LogP contribution < -0.4 is 4.74 Å². The van der Waals surface area contributed by atoms with E-state index in [0.717, 1.165) is 17.7 Å². The van der Waals surface area contributed by atoms with Crippen molar-refractivity contribution in [1.29, 1.82) is 0 Å². The van der Waals surface area contributed by atoms with E-state index in [1.807, 2.05) is 13.8 Å². The average molecular weight is 297 g/mol. The third-order valence-corrected chi connectivity index (χ3v) is 5.79. The Morgan fingerprint density at radius 3 is 2.90 bits per heavy atom. The molecule has 0 bridgehead atoms. The fourth-order valence-electron chi connectivity index (χ4n) is 2.67. The largest absolute Gasteiger partial charge is 0.493 e. The molecule has 1 fully saturated rings. The molecule has 20 heavy (non-hydrogen) atoms. The summed E-state index contributed by atoms with van der Waals surface area (Å²) in [5.41, 5.74) is 0.972. The quantitative estimate of drug-likeness (QED) is 0.828. The van der Waals surface area contributed by atoms with Crippen LogP contribution in [0.2, 0.25) is 0 Å². The second-order valence-electron chi connectivity index (χ2n) is 5.44. The van der Waals surface area contributed by atoms with E-state index in [9.17, 15) is 8.42 Å².